The first-order valence-electron chi connectivity index (χ1n) is 14.6. The number of phenolic OH excluding ortho intramolecular Hbond substituents is 2. The van der Waals surface area contributed by atoms with Gasteiger partial charge in [0.15, 0.2) is 0 Å². The third-order valence-corrected chi connectivity index (χ3v) is 7.72. The van der Waals surface area contributed by atoms with Crippen LogP contribution in [0.4, 0.5) is 0 Å². The van der Waals surface area contributed by atoms with Gasteiger partial charge in [-0.3, -0.25) is 0 Å². The summed E-state index contributed by atoms with van der Waals surface area (Å²) in [6.07, 6.45) is -0.119. The second kappa shape index (κ2) is 12.9. The number of phenols is 2. The van der Waals surface area contributed by atoms with Gasteiger partial charge in [-0.2, -0.15) is 0 Å². The molecule has 0 saturated carbocycles. The highest BCUT2D eigenvalue weighted by Gasteiger charge is 2.14. The molecule has 222 valence electrons. The predicted molar refractivity (Wildman–Crippen MR) is 171 cm³/mol. The van der Waals surface area contributed by atoms with Crippen LogP contribution in [-0.4, -0.2) is 36.1 Å². The molecule has 0 amide bonds. The molecule has 0 spiro atoms. The van der Waals surface area contributed by atoms with Gasteiger partial charge in [0, 0.05) is 0 Å². The highest BCUT2D eigenvalue weighted by molar-refractivity contribution is 5.71. The van der Waals surface area contributed by atoms with Gasteiger partial charge in [0.1, 0.15) is 35.7 Å². The summed E-state index contributed by atoms with van der Waals surface area (Å²) in [4.78, 5) is 0. The first-order valence-corrected chi connectivity index (χ1v) is 14.6. The summed E-state index contributed by atoms with van der Waals surface area (Å²) in [5, 5.41) is 20.3. The predicted octanol–water partition coefficient (Wildman–Crippen LogP) is 8.76. The van der Waals surface area contributed by atoms with E-state index < -0.39 is 0 Å². The third-order valence-electron chi connectivity index (χ3n) is 7.72. The van der Waals surface area contributed by atoms with Crippen LogP contribution in [0.5, 0.6) is 23.0 Å². The fourth-order valence-corrected chi connectivity index (χ4v) is 5.58. The lowest BCUT2D eigenvalue weighted by Crippen LogP contribution is -2.22. The summed E-state index contributed by atoms with van der Waals surface area (Å²) >= 11 is 0. The van der Waals surface area contributed by atoms with Crippen LogP contribution in [0.1, 0.15) is 51.4 Å². The van der Waals surface area contributed by atoms with E-state index in [9.17, 15) is 10.2 Å². The Kier molecular flexibility index (Phi) is 9.53. The molecule has 42 heavy (non-hydrogen) atoms. The molecule has 5 nitrogen and oxygen atoms in total. The minimum absolute atomic E-state index is 0.119. The average molecular weight is 569 g/mol. The second-order valence-corrected chi connectivity index (χ2v) is 11.6. The van der Waals surface area contributed by atoms with Gasteiger partial charge >= 0.3 is 0 Å². The first-order chi connectivity index (χ1) is 19.8. The lowest BCUT2D eigenvalue weighted by molar-refractivity contribution is 0.0425. The number of aryl methyl sites for hydroxylation is 8. The van der Waals surface area contributed by atoms with E-state index >= 15 is 0 Å². The van der Waals surface area contributed by atoms with Crippen LogP contribution >= 0.6 is 0 Å². The number of hydrogen-bond acceptors (Lipinski definition) is 5. The SMILES string of the molecule is Cc1cc(-c2cc(C)c(OCCOCC(C)Oc3c(C)cc(-c4cc(C)c(O)c(C)c4)cc3C)c(C)c2)cc(C)c1O. The maximum Gasteiger partial charge on any atom is 0.125 e. The maximum absolute atomic E-state index is 10.1. The van der Waals surface area contributed by atoms with Gasteiger partial charge in [-0.1, -0.05) is 0 Å². The molecule has 1 unspecified atom stereocenters. The zero-order valence-electron chi connectivity index (χ0n) is 26.4. The van der Waals surface area contributed by atoms with E-state index in [0.29, 0.717) is 31.3 Å². The normalized spacial score (nSPS) is 11.9. The van der Waals surface area contributed by atoms with Gasteiger partial charge in [0.2, 0.25) is 0 Å². The molecule has 0 saturated heterocycles. The Labute approximate surface area is 250 Å². The van der Waals surface area contributed by atoms with Gasteiger partial charge in [-0.25, -0.2) is 0 Å². The van der Waals surface area contributed by atoms with E-state index in [1.165, 1.54) is 0 Å². The summed E-state index contributed by atoms with van der Waals surface area (Å²) in [5.74, 6) is 2.46. The summed E-state index contributed by atoms with van der Waals surface area (Å²) in [6.45, 7) is 19.3. The van der Waals surface area contributed by atoms with Crippen LogP contribution in [0.2, 0.25) is 0 Å². The molecule has 0 heterocycles. The molecule has 0 radical (unpaired) electrons. The molecule has 0 aromatic heterocycles. The smallest absolute Gasteiger partial charge is 0.125 e. The van der Waals surface area contributed by atoms with E-state index in [1.54, 1.807) is 0 Å². The van der Waals surface area contributed by atoms with Crippen LogP contribution in [0.3, 0.4) is 0 Å². The molecule has 0 aliphatic carbocycles. The fourth-order valence-electron chi connectivity index (χ4n) is 5.58. The van der Waals surface area contributed by atoms with E-state index in [1.807, 2.05) is 58.9 Å². The Balaban J connectivity index is 1.31. The number of ether oxygens (including phenoxy) is 3. The summed E-state index contributed by atoms with van der Waals surface area (Å²) < 4.78 is 18.3. The molecule has 4 aromatic rings. The zero-order chi connectivity index (χ0) is 30.7. The van der Waals surface area contributed by atoms with Crippen LogP contribution < -0.4 is 9.47 Å². The summed E-state index contributed by atoms with van der Waals surface area (Å²) in [6, 6.07) is 16.6. The largest absolute Gasteiger partial charge is 0.507 e. The average Bonchev–Trinajstić information content (AvgIpc) is 2.92. The van der Waals surface area contributed by atoms with Crippen molar-refractivity contribution in [2.45, 2.75) is 68.4 Å². The molecule has 4 aromatic carbocycles. The molecular weight excluding hydrogens is 524 g/mol. The topological polar surface area (TPSA) is 68.2 Å². The standard InChI is InChI=1S/C37H44O5/c1-21-12-30(13-22(2)34(21)38)32-16-25(5)36(26(6)17-32)41-11-10-40-20-29(9)42-37-27(7)18-33(19-28(37)8)31-14-23(3)35(39)24(4)15-31/h12-19,29,38-39H,10-11,20H2,1-9H3. The van der Waals surface area contributed by atoms with E-state index in [0.717, 1.165) is 78.3 Å². The van der Waals surface area contributed by atoms with Crippen LogP contribution in [0.15, 0.2) is 48.5 Å². The van der Waals surface area contributed by atoms with Gasteiger partial charge in [-0.05, 0) is 178 Å². The first kappa shape index (κ1) is 31.0. The van der Waals surface area contributed by atoms with Crippen molar-refractivity contribution in [1.29, 1.82) is 0 Å². The zero-order valence-corrected chi connectivity index (χ0v) is 26.4. The molecule has 0 aliphatic rings. The second-order valence-electron chi connectivity index (χ2n) is 11.6. The Morgan fingerprint density at radius 2 is 0.833 bits per heavy atom. The Morgan fingerprint density at radius 1 is 0.500 bits per heavy atom. The molecule has 5 heteroatoms. The van der Waals surface area contributed by atoms with Crippen molar-refractivity contribution in [3.05, 3.63) is 93.0 Å². The number of rotatable bonds is 10. The molecule has 0 fully saturated rings. The van der Waals surface area contributed by atoms with Gasteiger partial charge in [0.25, 0.3) is 0 Å². The quantitative estimate of drug-likeness (QED) is 0.187. The van der Waals surface area contributed by atoms with Gasteiger partial charge in [0.05, 0.1) is 13.2 Å². The number of hydrogen-bond donors (Lipinski definition) is 2. The van der Waals surface area contributed by atoms with E-state index in [-0.39, 0.29) is 6.10 Å². The molecule has 0 aliphatic heterocycles. The monoisotopic (exact) mass is 568 g/mol. The van der Waals surface area contributed by atoms with Crippen molar-refractivity contribution in [1.82, 2.24) is 0 Å². The highest BCUT2D eigenvalue weighted by atomic mass is 16.5. The van der Waals surface area contributed by atoms with E-state index in [2.05, 4.69) is 52.0 Å². The number of benzene rings is 4. The lowest BCUT2D eigenvalue weighted by atomic mass is 9.96. The van der Waals surface area contributed by atoms with Gasteiger partial charge < -0.3 is 24.4 Å². The molecule has 0 bridgehead atoms. The Morgan fingerprint density at radius 3 is 1.21 bits per heavy atom. The van der Waals surface area contributed by atoms with Crippen molar-refractivity contribution < 1.29 is 24.4 Å². The Bertz CT molecular complexity index is 1510. The Hall–Kier alpha value is -3.96. The molecule has 1 atom stereocenters. The van der Waals surface area contributed by atoms with Crippen molar-refractivity contribution in [2.75, 3.05) is 19.8 Å². The van der Waals surface area contributed by atoms with Crippen molar-refractivity contribution in [3.8, 4) is 45.3 Å². The minimum Gasteiger partial charge on any atom is -0.507 e. The van der Waals surface area contributed by atoms with Crippen LogP contribution in [0, 0.1) is 55.4 Å². The number of aromatic hydroxyl groups is 2. The minimum atomic E-state index is -0.119. The van der Waals surface area contributed by atoms with Crippen molar-refractivity contribution in [3.63, 3.8) is 0 Å². The van der Waals surface area contributed by atoms with Crippen molar-refractivity contribution in [2.24, 2.45) is 0 Å². The lowest BCUT2D eigenvalue weighted by Gasteiger charge is -2.20. The van der Waals surface area contributed by atoms with Crippen LogP contribution in [0.25, 0.3) is 22.3 Å². The maximum atomic E-state index is 10.1. The molecular formula is C37H44O5. The van der Waals surface area contributed by atoms with Crippen molar-refractivity contribution >= 4 is 0 Å². The van der Waals surface area contributed by atoms with Crippen LogP contribution in [-0.2, 0) is 4.74 Å². The highest BCUT2D eigenvalue weighted by Crippen LogP contribution is 2.35. The third kappa shape index (κ3) is 6.91. The molecule has 2 N–H and O–H groups in total. The molecule has 4 rings (SSSR count). The van der Waals surface area contributed by atoms with Gasteiger partial charge in [-0.15, -0.1) is 0 Å². The summed E-state index contributed by atoms with van der Waals surface area (Å²) in [7, 11) is 0. The summed E-state index contributed by atoms with van der Waals surface area (Å²) in [5.41, 5.74) is 12.1. The van der Waals surface area contributed by atoms with E-state index in [4.69, 9.17) is 14.2 Å². The fraction of sp³-hybridized carbons (Fsp3) is 0.351.